The van der Waals surface area contributed by atoms with Crippen LogP contribution in [0.25, 0.3) is 0 Å². The van der Waals surface area contributed by atoms with Crippen LogP contribution in [0, 0.1) is 5.92 Å². The lowest BCUT2D eigenvalue weighted by molar-refractivity contribution is -0.146. The van der Waals surface area contributed by atoms with Crippen LogP contribution in [-0.2, 0) is 30.0 Å². The Kier molecular flexibility index (Phi) is 7.60. The van der Waals surface area contributed by atoms with Crippen molar-refractivity contribution in [2.75, 3.05) is 19.7 Å². The average Bonchev–Trinajstić information content (AvgIpc) is 2.84. The molecule has 3 saturated heterocycles. The predicted molar refractivity (Wildman–Crippen MR) is 123 cm³/mol. The number of benzene rings is 2. The molecule has 3 heterocycles. The molecule has 0 spiro atoms. The molecular weight excluding hydrogens is 443 g/mol. The molecule has 3 fully saturated rings. The molecule has 1 N–H and O–H groups in total. The van der Waals surface area contributed by atoms with Gasteiger partial charge in [-0.1, -0.05) is 48.5 Å². The summed E-state index contributed by atoms with van der Waals surface area (Å²) in [5.41, 5.74) is 0.845. The van der Waals surface area contributed by atoms with E-state index in [0.29, 0.717) is 5.75 Å². The maximum absolute atomic E-state index is 13.6. The lowest BCUT2D eigenvalue weighted by atomic mass is 9.82. The fraction of sp³-hybridized carbons (Fsp3) is 0.417. The van der Waals surface area contributed by atoms with E-state index in [4.69, 9.17) is 13.8 Å². The van der Waals surface area contributed by atoms with E-state index < -0.39 is 25.8 Å². The number of fused-ring (bicyclic) bond motifs is 3. The number of para-hydroxylation sites is 1. The van der Waals surface area contributed by atoms with Crippen molar-refractivity contribution in [3.63, 3.8) is 0 Å². The summed E-state index contributed by atoms with van der Waals surface area (Å²) in [6.45, 7) is 3.21. The van der Waals surface area contributed by atoms with Gasteiger partial charge in [0.2, 0.25) is 0 Å². The van der Waals surface area contributed by atoms with Crippen molar-refractivity contribution in [2.45, 2.75) is 38.5 Å². The van der Waals surface area contributed by atoms with E-state index in [9.17, 15) is 14.2 Å². The summed E-state index contributed by atoms with van der Waals surface area (Å²) in [5, 5.41) is 2.68. The molecule has 8 nitrogen and oxygen atoms in total. The molecule has 2 aromatic rings. The molecule has 0 amide bonds. The molecule has 3 atom stereocenters. The lowest BCUT2D eigenvalue weighted by Gasteiger charge is -2.43. The number of rotatable bonds is 10. The van der Waals surface area contributed by atoms with Gasteiger partial charge in [-0.3, -0.25) is 19.0 Å². The monoisotopic (exact) mass is 472 g/mol. The zero-order chi connectivity index (χ0) is 23.3. The van der Waals surface area contributed by atoms with Gasteiger partial charge in [-0.15, -0.1) is 0 Å². The molecule has 9 heteroatoms. The van der Waals surface area contributed by atoms with Crippen molar-refractivity contribution in [3.05, 3.63) is 66.2 Å². The van der Waals surface area contributed by atoms with Crippen molar-refractivity contribution in [2.24, 2.45) is 5.92 Å². The van der Waals surface area contributed by atoms with Crippen molar-refractivity contribution in [1.29, 1.82) is 0 Å². The van der Waals surface area contributed by atoms with Crippen LogP contribution in [0.3, 0.4) is 0 Å². The Bertz CT molecular complexity index is 995. The number of hydrogen-bond donors (Lipinski definition) is 1. The molecule has 5 rings (SSSR count). The second-order valence-corrected chi connectivity index (χ2v) is 10.1. The molecule has 2 aromatic carbocycles. The van der Waals surface area contributed by atoms with Crippen molar-refractivity contribution < 1.29 is 27.9 Å². The molecule has 33 heavy (non-hydrogen) atoms. The third-order valence-corrected chi connectivity index (χ3v) is 7.65. The summed E-state index contributed by atoms with van der Waals surface area (Å²) >= 11 is 0. The van der Waals surface area contributed by atoms with Crippen LogP contribution >= 0.6 is 7.75 Å². The van der Waals surface area contributed by atoms with E-state index in [1.165, 1.54) is 6.92 Å². The van der Waals surface area contributed by atoms with E-state index in [0.717, 1.165) is 31.5 Å². The number of nitrogens with one attached hydrogen (secondary N) is 1. The van der Waals surface area contributed by atoms with Crippen LogP contribution in [0.5, 0.6) is 5.75 Å². The second kappa shape index (κ2) is 10.6. The molecule has 3 aliphatic rings. The highest BCUT2D eigenvalue weighted by Crippen LogP contribution is 2.45. The Labute approximate surface area is 193 Å². The fourth-order valence-electron chi connectivity index (χ4n) is 4.16. The van der Waals surface area contributed by atoms with Gasteiger partial charge in [-0.05, 0) is 50.6 Å². The zero-order valence-electron chi connectivity index (χ0n) is 18.6. The van der Waals surface area contributed by atoms with Crippen molar-refractivity contribution >= 4 is 19.5 Å². The van der Waals surface area contributed by atoms with Crippen LogP contribution < -0.4 is 9.61 Å². The minimum atomic E-state index is -3.99. The highest BCUT2D eigenvalue weighted by atomic mass is 31.2. The first-order valence-corrected chi connectivity index (χ1v) is 12.7. The smallest absolute Gasteiger partial charge is 0.459 e. The Hall–Kier alpha value is -2.51. The molecule has 1 unspecified atom stereocenters. The summed E-state index contributed by atoms with van der Waals surface area (Å²) in [6.07, 6.45) is 1.71. The Morgan fingerprint density at radius 2 is 1.73 bits per heavy atom. The van der Waals surface area contributed by atoms with Gasteiger partial charge in [0.25, 0.3) is 0 Å². The van der Waals surface area contributed by atoms with E-state index in [-0.39, 0.29) is 24.9 Å². The summed E-state index contributed by atoms with van der Waals surface area (Å²) < 4.78 is 30.4. The van der Waals surface area contributed by atoms with Gasteiger partial charge in [0.05, 0.1) is 12.6 Å². The number of nitrogens with zero attached hydrogens (tertiary/aromatic N) is 1. The van der Waals surface area contributed by atoms with Gasteiger partial charge in [0.1, 0.15) is 18.4 Å². The first-order valence-electron chi connectivity index (χ1n) is 11.2. The number of hydrogen-bond acceptors (Lipinski definition) is 7. The summed E-state index contributed by atoms with van der Waals surface area (Å²) in [6, 6.07) is 16.5. The van der Waals surface area contributed by atoms with Gasteiger partial charge in [0, 0.05) is 5.92 Å². The quantitative estimate of drug-likeness (QED) is 0.414. The maximum atomic E-state index is 13.6. The highest BCUT2D eigenvalue weighted by Gasteiger charge is 2.43. The summed E-state index contributed by atoms with van der Waals surface area (Å²) in [7, 11) is -3.99. The van der Waals surface area contributed by atoms with E-state index in [1.807, 2.05) is 30.3 Å². The molecule has 0 radical (unpaired) electrons. The second-order valence-electron chi connectivity index (χ2n) is 8.37. The maximum Gasteiger partial charge on any atom is 0.459 e. The van der Waals surface area contributed by atoms with Gasteiger partial charge in [0.15, 0.2) is 5.78 Å². The van der Waals surface area contributed by atoms with E-state index in [1.54, 1.807) is 30.3 Å². The molecule has 0 saturated carbocycles. The fourth-order valence-corrected chi connectivity index (χ4v) is 5.65. The third-order valence-electron chi connectivity index (χ3n) is 6.00. The predicted octanol–water partition coefficient (Wildman–Crippen LogP) is 3.57. The topological polar surface area (TPSA) is 94.2 Å². The van der Waals surface area contributed by atoms with E-state index in [2.05, 4.69) is 9.99 Å². The van der Waals surface area contributed by atoms with Crippen LogP contribution in [0.4, 0.5) is 0 Å². The molecule has 0 aromatic heterocycles. The number of carbonyl (C=O) groups excluding carboxylic acids is 2. The van der Waals surface area contributed by atoms with Gasteiger partial charge in [-0.25, -0.2) is 4.57 Å². The number of esters is 1. The highest BCUT2D eigenvalue weighted by molar-refractivity contribution is 7.52. The van der Waals surface area contributed by atoms with Gasteiger partial charge in [-0.2, -0.15) is 5.09 Å². The van der Waals surface area contributed by atoms with Crippen molar-refractivity contribution in [3.8, 4) is 5.75 Å². The molecule has 3 aliphatic heterocycles. The minimum Gasteiger partial charge on any atom is -0.460 e. The molecule has 176 valence electrons. The van der Waals surface area contributed by atoms with E-state index >= 15 is 0 Å². The standard InChI is InChI=1S/C24H29N2O6P/c1-18(24(28)30-16-19-8-4-2-5-9-19)25-33(29,32-21-10-6-3-7-11-21)31-17-22-23(27)20-12-14-26(22)15-13-20/h2-11,18,20,22H,12-17H2,1H3,(H,25,29)/t18-,22+,33?/m0/s1. The number of ether oxygens (including phenoxy) is 1. The summed E-state index contributed by atoms with van der Waals surface area (Å²) in [5.74, 6) is -0.0992. The zero-order valence-corrected chi connectivity index (χ0v) is 19.5. The normalized spacial score (nSPS) is 24.6. The van der Waals surface area contributed by atoms with Crippen LogP contribution in [-0.4, -0.2) is 48.4 Å². The largest absolute Gasteiger partial charge is 0.460 e. The SMILES string of the molecule is C[C@H](NP(=O)(OC[C@@H]1C(=O)C2CCN1CC2)Oc1ccccc1)C(=O)OCc1ccccc1. The van der Waals surface area contributed by atoms with Crippen LogP contribution in [0.15, 0.2) is 60.7 Å². The molecule has 0 aliphatic carbocycles. The van der Waals surface area contributed by atoms with Crippen molar-refractivity contribution in [1.82, 2.24) is 9.99 Å². The lowest BCUT2D eigenvalue weighted by Crippen LogP contribution is -2.57. The van der Waals surface area contributed by atoms with Crippen LogP contribution in [0.1, 0.15) is 25.3 Å². The summed E-state index contributed by atoms with van der Waals surface area (Å²) in [4.78, 5) is 27.3. The van der Waals surface area contributed by atoms with Gasteiger partial charge < -0.3 is 9.26 Å². The molecular formula is C24H29N2O6P. The Morgan fingerprint density at radius 3 is 2.36 bits per heavy atom. The number of Topliss-reactive ketones (excluding diaryl/α,β-unsaturated/α-hetero) is 1. The first-order chi connectivity index (χ1) is 15.9. The minimum absolute atomic E-state index is 0.0397. The Balaban J connectivity index is 1.41. The number of carbonyl (C=O) groups is 2. The number of ketones is 1. The Morgan fingerprint density at radius 1 is 1.09 bits per heavy atom. The number of piperidine rings is 3. The van der Waals surface area contributed by atoms with Gasteiger partial charge >= 0.3 is 13.7 Å². The first kappa shape index (κ1) is 23.6. The average molecular weight is 472 g/mol. The molecule has 2 bridgehead atoms. The van der Waals surface area contributed by atoms with Crippen LogP contribution in [0.2, 0.25) is 0 Å². The third kappa shape index (κ3) is 6.09.